The Hall–Kier alpha value is -2.79. The number of nitrogens with zero attached hydrogens (tertiary/aromatic N) is 4. The maximum Gasteiger partial charge on any atom is 0.260 e. The summed E-state index contributed by atoms with van der Waals surface area (Å²) in [5, 5.41) is 9.69. The molecule has 0 saturated carbocycles. The van der Waals surface area contributed by atoms with Crippen LogP contribution in [0.3, 0.4) is 0 Å². The highest BCUT2D eigenvalue weighted by Gasteiger charge is 2.22. The van der Waals surface area contributed by atoms with Crippen LogP contribution in [0.25, 0.3) is 10.2 Å². The first kappa shape index (κ1) is 18.6. The van der Waals surface area contributed by atoms with Crippen molar-refractivity contribution in [3.63, 3.8) is 0 Å². The first-order valence-corrected chi connectivity index (χ1v) is 10.0. The number of nitriles is 1. The summed E-state index contributed by atoms with van der Waals surface area (Å²) in [7, 11) is 0. The standard InChI is InChI=1S/C21H20N4O2S/c22-15-16-5-7-17(8-6-16)20(26)25(10-9-24-11-13-27-14-12-24)21-23-18-3-1-2-4-19(18)28-21/h1-8H,9-14H2. The molecule has 6 nitrogen and oxygen atoms in total. The second kappa shape index (κ2) is 8.48. The van der Waals surface area contributed by atoms with Crippen molar-refractivity contribution in [3.05, 3.63) is 59.7 Å². The summed E-state index contributed by atoms with van der Waals surface area (Å²) in [6.45, 7) is 4.52. The van der Waals surface area contributed by atoms with E-state index in [1.165, 1.54) is 11.3 Å². The lowest BCUT2D eigenvalue weighted by molar-refractivity contribution is 0.0391. The molecule has 4 rings (SSSR count). The van der Waals surface area contributed by atoms with Crippen LogP contribution in [-0.4, -0.2) is 55.2 Å². The summed E-state index contributed by atoms with van der Waals surface area (Å²) in [6, 6.07) is 16.7. The molecule has 0 aliphatic carbocycles. The number of amides is 1. The highest BCUT2D eigenvalue weighted by Crippen LogP contribution is 2.29. The lowest BCUT2D eigenvalue weighted by Gasteiger charge is -2.29. The molecule has 0 radical (unpaired) electrons. The van der Waals surface area contributed by atoms with Crippen molar-refractivity contribution in [1.82, 2.24) is 9.88 Å². The van der Waals surface area contributed by atoms with E-state index in [2.05, 4.69) is 16.0 Å². The van der Waals surface area contributed by atoms with Gasteiger partial charge in [-0.05, 0) is 36.4 Å². The number of benzene rings is 2. The fourth-order valence-corrected chi connectivity index (χ4v) is 4.16. The van der Waals surface area contributed by atoms with E-state index in [-0.39, 0.29) is 5.91 Å². The highest BCUT2D eigenvalue weighted by molar-refractivity contribution is 7.22. The van der Waals surface area contributed by atoms with E-state index in [0.29, 0.717) is 22.8 Å². The minimum Gasteiger partial charge on any atom is -0.379 e. The molecule has 1 aromatic heterocycles. The van der Waals surface area contributed by atoms with E-state index >= 15 is 0 Å². The minimum atomic E-state index is -0.100. The van der Waals surface area contributed by atoms with E-state index in [1.807, 2.05) is 24.3 Å². The highest BCUT2D eigenvalue weighted by atomic mass is 32.1. The van der Waals surface area contributed by atoms with Crippen LogP contribution in [0.2, 0.25) is 0 Å². The fourth-order valence-electron chi connectivity index (χ4n) is 3.17. The van der Waals surface area contributed by atoms with Crippen LogP contribution in [0.1, 0.15) is 15.9 Å². The third-order valence-corrected chi connectivity index (χ3v) is 5.82. The monoisotopic (exact) mass is 392 g/mol. The van der Waals surface area contributed by atoms with Gasteiger partial charge < -0.3 is 4.74 Å². The molecule has 0 spiro atoms. The Kier molecular flexibility index (Phi) is 5.63. The molecule has 0 unspecified atom stereocenters. The number of ether oxygens (including phenoxy) is 1. The molecule has 0 bridgehead atoms. The van der Waals surface area contributed by atoms with Gasteiger partial charge >= 0.3 is 0 Å². The number of hydrogen-bond donors (Lipinski definition) is 0. The van der Waals surface area contributed by atoms with Gasteiger partial charge in [-0.25, -0.2) is 4.98 Å². The van der Waals surface area contributed by atoms with Gasteiger partial charge in [-0.1, -0.05) is 23.5 Å². The van der Waals surface area contributed by atoms with Crippen molar-refractivity contribution in [3.8, 4) is 6.07 Å². The normalized spacial score (nSPS) is 14.7. The number of para-hydroxylation sites is 1. The van der Waals surface area contributed by atoms with Gasteiger partial charge in [-0.3, -0.25) is 14.6 Å². The Morgan fingerprint density at radius 1 is 1.18 bits per heavy atom. The maximum atomic E-state index is 13.3. The zero-order valence-corrected chi connectivity index (χ0v) is 16.2. The van der Waals surface area contributed by atoms with E-state index in [9.17, 15) is 4.79 Å². The molecule has 1 aliphatic heterocycles. The van der Waals surface area contributed by atoms with Gasteiger partial charge in [0.15, 0.2) is 5.13 Å². The van der Waals surface area contributed by atoms with Crippen molar-refractivity contribution < 1.29 is 9.53 Å². The van der Waals surface area contributed by atoms with Gasteiger partial charge in [0.25, 0.3) is 5.91 Å². The molecule has 2 aromatic carbocycles. The summed E-state index contributed by atoms with van der Waals surface area (Å²) in [4.78, 5) is 22.0. The van der Waals surface area contributed by atoms with Crippen molar-refractivity contribution in [2.24, 2.45) is 0 Å². The zero-order valence-electron chi connectivity index (χ0n) is 15.4. The van der Waals surface area contributed by atoms with Crippen LogP contribution in [0.15, 0.2) is 48.5 Å². The number of rotatable bonds is 5. The third kappa shape index (κ3) is 4.04. The smallest absolute Gasteiger partial charge is 0.260 e. The van der Waals surface area contributed by atoms with Crippen LogP contribution in [-0.2, 0) is 4.74 Å². The van der Waals surface area contributed by atoms with E-state index in [1.54, 1.807) is 29.2 Å². The summed E-state index contributed by atoms with van der Waals surface area (Å²) < 4.78 is 6.47. The molecule has 0 N–H and O–H groups in total. The Balaban J connectivity index is 1.61. The number of anilines is 1. The quantitative estimate of drug-likeness (QED) is 0.667. The van der Waals surface area contributed by atoms with Gasteiger partial charge in [-0.15, -0.1) is 0 Å². The number of carbonyl (C=O) groups excluding carboxylic acids is 1. The summed E-state index contributed by atoms with van der Waals surface area (Å²) in [5.74, 6) is -0.100. The van der Waals surface area contributed by atoms with Gasteiger partial charge in [-0.2, -0.15) is 5.26 Å². The molecule has 28 heavy (non-hydrogen) atoms. The Labute approximate surface area is 167 Å². The molecule has 2 heterocycles. The molecular formula is C21H20N4O2S. The van der Waals surface area contributed by atoms with Crippen molar-refractivity contribution >= 4 is 32.6 Å². The zero-order chi connectivity index (χ0) is 19.3. The summed E-state index contributed by atoms with van der Waals surface area (Å²) in [5.41, 5.74) is 1.99. The predicted molar refractivity (Wildman–Crippen MR) is 110 cm³/mol. The average Bonchev–Trinajstić information content (AvgIpc) is 3.18. The molecule has 7 heteroatoms. The molecule has 0 atom stereocenters. The molecule has 1 fully saturated rings. The average molecular weight is 392 g/mol. The molecule has 3 aromatic rings. The van der Waals surface area contributed by atoms with Gasteiger partial charge in [0, 0.05) is 31.7 Å². The molecule has 1 aliphatic rings. The van der Waals surface area contributed by atoms with Crippen molar-refractivity contribution in [1.29, 1.82) is 5.26 Å². The maximum absolute atomic E-state index is 13.3. The van der Waals surface area contributed by atoms with Crippen molar-refractivity contribution in [2.75, 3.05) is 44.3 Å². The van der Waals surface area contributed by atoms with Crippen LogP contribution in [0.4, 0.5) is 5.13 Å². The minimum absolute atomic E-state index is 0.100. The van der Waals surface area contributed by atoms with Gasteiger partial charge in [0.2, 0.25) is 0 Å². The fraction of sp³-hybridized carbons (Fsp3) is 0.286. The summed E-state index contributed by atoms with van der Waals surface area (Å²) >= 11 is 1.52. The molecule has 1 amide bonds. The molecular weight excluding hydrogens is 372 g/mol. The van der Waals surface area contributed by atoms with Crippen LogP contribution >= 0.6 is 11.3 Å². The van der Waals surface area contributed by atoms with E-state index < -0.39 is 0 Å². The largest absolute Gasteiger partial charge is 0.379 e. The topological polar surface area (TPSA) is 69.5 Å². The van der Waals surface area contributed by atoms with Crippen LogP contribution in [0.5, 0.6) is 0 Å². The van der Waals surface area contributed by atoms with Gasteiger partial charge in [0.1, 0.15) is 0 Å². The Morgan fingerprint density at radius 2 is 1.93 bits per heavy atom. The van der Waals surface area contributed by atoms with E-state index in [4.69, 9.17) is 10.00 Å². The number of fused-ring (bicyclic) bond motifs is 1. The van der Waals surface area contributed by atoms with Crippen LogP contribution < -0.4 is 4.90 Å². The van der Waals surface area contributed by atoms with Crippen LogP contribution in [0, 0.1) is 11.3 Å². The van der Waals surface area contributed by atoms with E-state index in [0.717, 1.165) is 43.1 Å². The molecule has 142 valence electrons. The number of thiazole rings is 1. The Bertz CT molecular complexity index is 970. The second-order valence-corrected chi connectivity index (χ2v) is 7.57. The Morgan fingerprint density at radius 3 is 2.64 bits per heavy atom. The second-order valence-electron chi connectivity index (χ2n) is 6.56. The number of carbonyl (C=O) groups is 1. The first-order valence-electron chi connectivity index (χ1n) is 9.22. The molecule has 1 saturated heterocycles. The number of hydrogen-bond acceptors (Lipinski definition) is 6. The third-order valence-electron chi connectivity index (χ3n) is 4.76. The summed E-state index contributed by atoms with van der Waals surface area (Å²) in [6.07, 6.45) is 0. The first-order chi connectivity index (χ1) is 13.7. The lowest BCUT2D eigenvalue weighted by Crippen LogP contribution is -2.43. The SMILES string of the molecule is N#Cc1ccc(C(=O)N(CCN2CCOCC2)c2nc3ccccc3s2)cc1. The number of morpholine rings is 1. The predicted octanol–water partition coefficient (Wildman–Crippen LogP) is 3.15. The lowest BCUT2D eigenvalue weighted by atomic mass is 10.1. The number of aromatic nitrogens is 1. The van der Waals surface area contributed by atoms with Crippen molar-refractivity contribution in [2.45, 2.75) is 0 Å². The van der Waals surface area contributed by atoms with Gasteiger partial charge in [0.05, 0.1) is 35.1 Å².